The Labute approximate surface area is 169 Å². The van der Waals surface area contributed by atoms with Crippen LogP contribution in [0, 0.1) is 18.6 Å². The monoisotopic (exact) mass is 411 g/mol. The summed E-state index contributed by atoms with van der Waals surface area (Å²) in [5, 5.41) is 3.56. The third-order valence-electron chi connectivity index (χ3n) is 4.26. The van der Waals surface area contributed by atoms with E-state index in [-0.39, 0.29) is 5.75 Å². The van der Waals surface area contributed by atoms with Crippen LogP contribution in [-0.2, 0) is 4.79 Å². The Bertz CT molecular complexity index is 1180. The molecule has 0 atom stereocenters. The summed E-state index contributed by atoms with van der Waals surface area (Å²) < 4.78 is 31.7. The quantitative estimate of drug-likeness (QED) is 0.504. The molecule has 5 nitrogen and oxygen atoms in total. The average Bonchev–Trinajstić information content (AvgIpc) is 3.13. The molecule has 0 spiro atoms. The highest BCUT2D eigenvalue weighted by Crippen LogP contribution is 2.33. The molecule has 0 bridgehead atoms. The fraction of sp³-hybridized carbons (Fsp3) is 0.0952. The largest absolute Gasteiger partial charge is 0.481 e. The predicted octanol–water partition coefficient (Wildman–Crippen LogP) is 4.96. The molecule has 0 radical (unpaired) electrons. The molecule has 8 heteroatoms. The SMILES string of the molecule is Cc1c(NC(=O)COc2ccc(F)cc2F)cccc1-c1nc2cccnc2s1. The topological polar surface area (TPSA) is 64.1 Å². The van der Waals surface area contributed by atoms with Crippen molar-refractivity contribution >= 4 is 33.3 Å². The summed E-state index contributed by atoms with van der Waals surface area (Å²) in [5.41, 5.74) is 3.14. The second kappa shape index (κ2) is 7.92. The fourth-order valence-corrected chi connectivity index (χ4v) is 3.80. The summed E-state index contributed by atoms with van der Waals surface area (Å²) in [6.07, 6.45) is 1.72. The molecule has 2 heterocycles. The molecular weight excluding hydrogens is 396 g/mol. The van der Waals surface area contributed by atoms with Crippen molar-refractivity contribution in [2.45, 2.75) is 6.92 Å². The summed E-state index contributed by atoms with van der Waals surface area (Å²) in [4.78, 5) is 22.0. The molecule has 0 aliphatic heterocycles. The lowest BCUT2D eigenvalue weighted by Gasteiger charge is -2.12. The first kappa shape index (κ1) is 18.9. The minimum atomic E-state index is -0.861. The normalized spacial score (nSPS) is 10.9. The van der Waals surface area contributed by atoms with Crippen LogP contribution in [0.5, 0.6) is 5.75 Å². The van der Waals surface area contributed by atoms with Crippen molar-refractivity contribution in [2.75, 3.05) is 11.9 Å². The van der Waals surface area contributed by atoms with E-state index in [1.54, 1.807) is 12.3 Å². The summed E-state index contributed by atoms with van der Waals surface area (Å²) in [7, 11) is 0. The number of fused-ring (bicyclic) bond motifs is 1. The minimum absolute atomic E-state index is 0.186. The standard InChI is InChI=1S/C21H15F2N3O2S/c1-12-14(20-26-17-6-3-9-24-21(17)29-20)4-2-5-16(12)25-19(27)11-28-18-8-7-13(22)10-15(18)23/h2-10H,11H2,1H3,(H,25,27). The highest BCUT2D eigenvalue weighted by atomic mass is 32.1. The number of carbonyl (C=O) groups is 1. The van der Waals surface area contributed by atoms with Crippen LogP contribution in [0.2, 0.25) is 0 Å². The Balaban J connectivity index is 1.50. The van der Waals surface area contributed by atoms with E-state index < -0.39 is 24.1 Å². The summed E-state index contributed by atoms with van der Waals surface area (Å²) in [5.74, 6) is -2.22. The molecule has 0 unspecified atom stereocenters. The van der Waals surface area contributed by atoms with Crippen molar-refractivity contribution in [3.05, 3.63) is 71.9 Å². The van der Waals surface area contributed by atoms with Crippen molar-refractivity contribution in [1.29, 1.82) is 0 Å². The number of hydrogen-bond acceptors (Lipinski definition) is 5. The number of halogens is 2. The molecule has 2 aromatic heterocycles. The molecule has 146 valence electrons. The molecule has 29 heavy (non-hydrogen) atoms. The predicted molar refractivity (Wildman–Crippen MR) is 108 cm³/mol. The van der Waals surface area contributed by atoms with Gasteiger partial charge in [-0.25, -0.2) is 18.7 Å². The number of amides is 1. The van der Waals surface area contributed by atoms with Crippen LogP contribution >= 0.6 is 11.3 Å². The van der Waals surface area contributed by atoms with Crippen LogP contribution in [0.1, 0.15) is 5.56 Å². The second-order valence-corrected chi connectivity index (χ2v) is 7.21. The lowest BCUT2D eigenvalue weighted by atomic mass is 10.1. The number of benzene rings is 2. The van der Waals surface area contributed by atoms with E-state index in [0.29, 0.717) is 11.8 Å². The molecule has 0 aliphatic rings. The summed E-state index contributed by atoms with van der Waals surface area (Å²) >= 11 is 1.47. The van der Waals surface area contributed by atoms with E-state index in [2.05, 4.69) is 15.3 Å². The van der Waals surface area contributed by atoms with Crippen LogP contribution in [-0.4, -0.2) is 22.5 Å². The molecule has 2 aromatic carbocycles. The van der Waals surface area contributed by atoms with Gasteiger partial charge in [-0.2, -0.15) is 0 Å². The van der Waals surface area contributed by atoms with Gasteiger partial charge in [0.05, 0.1) is 0 Å². The maximum Gasteiger partial charge on any atom is 0.262 e. The first-order valence-corrected chi connectivity index (χ1v) is 9.52. The Hall–Kier alpha value is -3.39. The smallest absolute Gasteiger partial charge is 0.262 e. The lowest BCUT2D eigenvalue weighted by molar-refractivity contribution is -0.118. The van der Waals surface area contributed by atoms with E-state index >= 15 is 0 Å². The molecular formula is C21H15F2N3O2S. The number of pyridine rings is 1. The van der Waals surface area contributed by atoms with Gasteiger partial charge in [-0.15, -0.1) is 0 Å². The maximum atomic E-state index is 13.6. The van der Waals surface area contributed by atoms with Crippen LogP contribution in [0.15, 0.2) is 54.7 Å². The molecule has 0 saturated heterocycles. The van der Waals surface area contributed by atoms with E-state index in [9.17, 15) is 13.6 Å². The molecule has 0 fully saturated rings. The zero-order valence-electron chi connectivity index (χ0n) is 15.3. The zero-order chi connectivity index (χ0) is 20.4. The molecule has 1 amide bonds. The number of hydrogen-bond donors (Lipinski definition) is 1. The number of nitrogens with zero attached hydrogens (tertiary/aromatic N) is 2. The summed E-state index contributed by atoms with van der Waals surface area (Å²) in [6.45, 7) is 1.47. The van der Waals surface area contributed by atoms with Crippen molar-refractivity contribution in [3.8, 4) is 16.3 Å². The highest BCUT2D eigenvalue weighted by molar-refractivity contribution is 7.21. The van der Waals surface area contributed by atoms with Gasteiger partial charge in [0.15, 0.2) is 18.2 Å². The lowest BCUT2D eigenvalue weighted by Crippen LogP contribution is -2.21. The van der Waals surface area contributed by atoms with Gasteiger partial charge in [0.1, 0.15) is 21.2 Å². The van der Waals surface area contributed by atoms with Crippen LogP contribution in [0.25, 0.3) is 20.9 Å². The van der Waals surface area contributed by atoms with Crippen LogP contribution < -0.4 is 10.1 Å². The zero-order valence-corrected chi connectivity index (χ0v) is 16.1. The maximum absolute atomic E-state index is 13.6. The Morgan fingerprint density at radius 2 is 2.03 bits per heavy atom. The van der Waals surface area contributed by atoms with Gasteiger partial charge in [-0.05, 0) is 42.8 Å². The van der Waals surface area contributed by atoms with Gasteiger partial charge in [-0.3, -0.25) is 4.79 Å². The Kier molecular flexibility index (Phi) is 5.18. The summed E-state index contributed by atoms with van der Waals surface area (Å²) in [6, 6.07) is 12.1. The number of ether oxygens (including phenoxy) is 1. The van der Waals surface area contributed by atoms with Crippen molar-refractivity contribution in [2.24, 2.45) is 0 Å². The number of thiazole rings is 1. The van der Waals surface area contributed by atoms with Gasteiger partial charge >= 0.3 is 0 Å². The van der Waals surface area contributed by atoms with Crippen LogP contribution in [0.4, 0.5) is 14.5 Å². The van der Waals surface area contributed by atoms with E-state index in [1.807, 2.05) is 31.2 Å². The van der Waals surface area contributed by atoms with Crippen LogP contribution in [0.3, 0.4) is 0 Å². The van der Waals surface area contributed by atoms with Crippen molar-refractivity contribution in [1.82, 2.24) is 9.97 Å². The first-order chi connectivity index (χ1) is 14.0. The van der Waals surface area contributed by atoms with E-state index in [0.717, 1.165) is 38.6 Å². The molecule has 4 rings (SSSR count). The van der Waals surface area contributed by atoms with Crippen molar-refractivity contribution < 1.29 is 18.3 Å². The second-order valence-electron chi connectivity index (χ2n) is 6.24. The Morgan fingerprint density at radius 3 is 2.83 bits per heavy atom. The first-order valence-electron chi connectivity index (χ1n) is 8.70. The number of carbonyl (C=O) groups excluding carboxylic acids is 1. The van der Waals surface area contributed by atoms with E-state index in [4.69, 9.17) is 4.74 Å². The Morgan fingerprint density at radius 1 is 1.17 bits per heavy atom. The van der Waals surface area contributed by atoms with Gasteiger partial charge < -0.3 is 10.1 Å². The molecule has 0 aliphatic carbocycles. The molecule has 0 saturated carbocycles. The number of rotatable bonds is 5. The van der Waals surface area contributed by atoms with Gasteiger partial charge in [0.2, 0.25) is 0 Å². The molecule has 1 N–H and O–H groups in total. The third-order valence-corrected chi connectivity index (χ3v) is 5.27. The van der Waals surface area contributed by atoms with E-state index in [1.165, 1.54) is 11.3 Å². The average molecular weight is 411 g/mol. The number of nitrogens with one attached hydrogen (secondary N) is 1. The molecule has 4 aromatic rings. The minimum Gasteiger partial charge on any atom is -0.481 e. The number of anilines is 1. The number of aromatic nitrogens is 2. The van der Waals surface area contributed by atoms with Gasteiger partial charge in [0, 0.05) is 23.5 Å². The van der Waals surface area contributed by atoms with Gasteiger partial charge in [-0.1, -0.05) is 23.5 Å². The van der Waals surface area contributed by atoms with Gasteiger partial charge in [0.25, 0.3) is 5.91 Å². The highest BCUT2D eigenvalue weighted by Gasteiger charge is 2.14. The fourth-order valence-electron chi connectivity index (χ4n) is 2.81. The van der Waals surface area contributed by atoms with Crippen molar-refractivity contribution in [3.63, 3.8) is 0 Å². The third kappa shape index (κ3) is 4.07.